The molecule has 0 spiro atoms. The Morgan fingerprint density at radius 1 is 1.16 bits per heavy atom. The highest BCUT2D eigenvalue weighted by atomic mass is 32.1. The van der Waals surface area contributed by atoms with E-state index >= 15 is 0 Å². The molecule has 0 aliphatic heterocycles. The van der Waals surface area contributed by atoms with Crippen molar-refractivity contribution in [1.29, 1.82) is 0 Å². The van der Waals surface area contributed by atoms with Crippen LogP contribution in [-0.2, 0) is 23.2 Å². The number of carbonyl (C=O) groups is 1. The molecule has 0 aliphatic rings. The van der Waals surface area contributed by atoms with Crippen LogP contribution in [0.2, 0.25) is 0 Å². The number of thiophene rings is 1. The molecule has 3 rings (SSSR count). The van der Waals surface area contributed by atoms with E-state index in [4.69, 9.17) is 0 Å². The van der Waals surface area contributed by atoms with Gasteiger partial charge >= 0.3 is 0 Å². The summed E-state index contributed by atoms with van der Waals surface area (Å²) >= 11 is 1.59. The summed E-state index contributed by atoms with van der Waals surface area (Å²) in [4.78, 5) is 13.2. The van der Waals surface area contributed by atoms with Crippen molar-refractivity contribution in [3.63, 3.8) is 0 Å². The Kier molecular flexibility index (Phi) is 5.04. The zero-order chi connectivity index (χ0) is 17.9. The molecule has 2 aromatic heterocycles. The molecule has 1 amide bonds. The first-order valence-corrected chi connectivity index (χ1v) is 9.23. The van der Waals surface area contributed by atoms with Crippen molar-refractivity contribution < 1.29 is 4.79 Å². The third-order valence-electron chi connectivity index (χ3n) is 4.05. The maximum Gasteiger partial charge on any atom is 0.230 e. The lowest BCUT2D eigenvalue weighted by molar-refractivity contribution is -0.115. The molecule has 0 unspecified atom stereocenters. The average Bonchev–Trinajstić information content (AvgIpc) is 3.20. The van der Waals surface area contributed by atoms with Gasteiger partial charge in [0, 0.05) is 10.9 Å². The van der Waals surface area contributed by atoms with Crippen molar-refractivity contribution in [3.8, 4) is 0 Å². The summed E-state index contributed by atoms with van der Waals surface area (Å²) in [5, 5.41) is 9.27. The van der Waals surface area contributed by atoms with Crippen molar-refractivity contribution in [1.82, 2.24) is 9.78 Å². The normalized spacial score (nSPS) is 11.5. The maximum absolute atomic E-state index is 12.2. The highest BCUT2D eigenvalue weighted by Gasteiger charge is 2.13. The summed E-state index contributed by atoms with van der Waals surface area (Å²) in [7, 11) is 0. The van der Waals surface area contributed by atoms with Gasteiger partial charge in [-0.15, -0.1) is 11.3 Å². The Balaban J connectivity index is 1.66. The van der Waals surface area contributed by atoms with Crippen LogP contribution in [0.3, 0.4) is 0 Å². The lowest BCUT2D eigenvalue weighted by atomic mass is 9.87. The van der Waals surface area contributed by atoms with Crippen LogP contribution in [0.25, 0.3) is 0 Å². The summed E-state index contributed by atoms with van der Waals surface area (Å²) in [6, 6.07) is 14.3. The molecule has 0 atom stereocenters. The van der Waals surface area contributed by atoms with Gasteiger partial charge in [-0.3, -0.25) is 4.79 Å². The van der Waals surface area contributed by atoms with E-state index in [0.717, 1.165) is 16.3 Å². The van der Waals surface area contributed by atoms with Crippen LogP contribution in [0.1, 0.15) is 36.8 Å². The molecule has 4 nitrogen and oxygen atoms in total. The number of aromatic nitrogens is 2. The monoisotopic (exact) mass is 353 g/mol. The summed E-state index contributed by atoms with van der Waals surface area (Å²) in [6.45, 7) is 7.25. The highest BCUT2D eigenvalue weighted by molar-refractivity contribution is 7.10. The fourth-order valence-corrected chi connectivity index (χ4v) is 3.31. The Hall–Kier alpha value is -2.40. The summed E-state index contributed by atoms with van der Waals surface area (Å²) in [5.41, 5.74) is 2.61. The van der Waals surface area contributed by atoms with Crippen molar-refractivity contribution >= 4 is 23.1 Å². The van der Waals surface area contributed by atoms with Crippen LogP contribution >= 0.6 is 11.3 Å². The lowest BCUT2D eigenvalue weighted by Gasteiger charge is -2.19. The highest BCUT2D eigenvalue weighted by Crippen LogP contribution is 2.22. The van der Waals surface area contributed by atoms with E-state index in [1.54, 1.807) is 17.5 Å². The molecule has 25 heavy (non-hydrogen) atoms. The second-order valence-electron chi connectivity index (χ2n) is 7.13. The van der Waals surface area contributed by atoms with Gasteiger partial charge in [-0.1, -0.05) is 51.1 Å². The van der Waals surface area contributed by atoms with Gasteiger partial charge < -0.3 is 5.32 Å². The Bertz CT molecular complexity index is 827. The number of rotatable bonds is 5. The van der Waals surface area contributed by atoms with Gasteiger partial charge in [0.05, 0.1) is 19.2 Å². The Morgan fingerprint density at radius 2 is 1.92 bits per heavy atom. The fourth-order valence-electron chi connectivity index (χ4n) is 2.61. The van der Waals surface area contributed by atoms with Gasteiger partial charge in [0.2, 0.25) is 5.91 Å². The van der Waals surface area contributed by atoms with Crippen molar-refractivity contribution in [2.45, 2.75) is 39.2 Å². The predicted octanol–water partition coefficient (Wildman–Crippen LogP) is 4.47. The van der Waals surface area contributed by atoms with E-state index in [-0.39, 0.29) is 11.3 Å². The molecule has 0 radical (unpaired) electrons. The summed E-state index contributed by atoms with van der Waals surface area (Å²) < 4.78 is 1.82. The molecular weight excluding hydrogens is 330 g/mol. The number of nitrogens with one attached hydrogen (secondary N) is 1. The van der Waals surface area contributed by atoms with E-state index in [1.807, 2.05) is 28.3 Å². The van der Waals surface area contributed by atoms with Gasteiger partial charge in [0.1, 0.15) is 5.82 Å². The van der Waals surface area contributed by atoms with Crippen LogP contribution in [0.5, 0.6) is 0 Å². The van der Waals surface area contributed by atoms with Crippen molar-refractivity contribution in [2.24, 2.45) is 0 Å². The minimum atomic E-state index is -0.0210. The fraction of sp³-hybridized carbons (Fsp3) is 0.300. The largest absolute Gasteiger partial charge is 0.311 e. The molecule has 5 heteroatoms. The van der Waals surface area contributed by atoms with Gasteiger partial charge in [0.25, 0.3) is 0 Å². The van der Waals surface area contributed by atoms with Crippen LogP contribution in [0, 0.1) is 0 Å². The van der Waals surface area contributed by atoms with Crippen LogP contribution in [-0.4, -0.2) is 15.7 Å². The van der Waals surface area contributed by atoms with E-state index < -0.39 is 0 Å². The number of hydrogen-bond acceptors (Lipinski definition) is 3. The van der Waals surface area contributed by atoms with Gasteiger partial charge in [-0.05, 0) is 28.0 Å². The van der Waals surface area contributed by atoms with Crippen LogP contribution in [0.4, 0.5) is 5.82 Å². The number of benzene rings is 1. The molecule has 0 saturated heterocycles. The van der Waals surface area contributed by atoms with E-state index in [0.29, 0.717) is 13.0 Å². The third-order valence-corrected chi connectivity index (χ3v) is 4.93. The van der Waals surface area contributed by atoms with Crippen LogP contribution in [0.15, 0.2) is 54.0 Å². The standard InChI is InChI=1S/C20H23N3OS/c1-20(2,3)16-8-6-15(7-9-16)14-23-18(10-11-21-23)22-19(24)13-17-5-4-12-25-17/h4-12H,13-14H2,1-3H3,(H,22,24). The topological polar surface area (TPSA) is 46.9 Å². The van der Waals surface area contributed by atoms with Gasteiger partial charge in [-0.25, -0.2) is 4.68 Å². The first-order chi connectivity index (χ1) is 11.9. The smallest absolute Gasteiger partial charge is 0.230 e. The average molecular weight is 353 g/mol. The molecular formula is C20H23N3OS. The molecule has 2 heterocycles. The molecule has 1 N–H and O–H groups in total. The third kappa shape index (κ3) is 4.57. The minimum absolute atomic E-state index is 0.0210. The first kappa shape index (κ1) is 17.4. The van der Waals surface area contributed by atoms with E-state index in [1.165, 1.54) is 5.56 Å². The van der Waals surface area contributed by atoms with Crippen molar-refractivity contribution in [2.75, 3.05) is 5.32 Å². The van der Waals surface area contributed by atoms with E-state index in [9.17, 15) is 4.79 Å². The second kappa shape index (κ2) is 7.23. The SMILES string of the molecule is CC(C)(C)c1ccc(Cn2nccc2NC(=O)Cc2cccs2)cc1. The Labute approximate surface area is 152 Å². The van der Waals surface area contributed by atoms with Gasteiger partial charge in [0.15, 0.2) is 0 Å². The van der Waals surface area contributed by atoms with Crippen LogP contribution < -0.4 is 5.32 Å². The minimum Gasteiger partial charge on any atom is -0.311 e. The zero-order valence-corrected chi connectivity index (χ0v) is 15.6. The quantitative estimate of drug-likeness (QED) is 0.735. The predicted molar refractivity (Wildman–Crippen MR) is 103 cm³/mol. The van der Waals surface area contributed by atoms with Gasteiger partial charge in [-0.2, -0.15) is 5.10 Å². The zero-order valence-electron chi connectivity index (χ0n) is 14.8. The molecule has 0 fully saturated rings. The second-order valence-corrected chi connectivity index (χ2v) is 8.16. The Morgan fingerprint density at radius 3 is 2.56 bits per heavy atom. The number of hydrogen-bond donors (Lipinski definition) is 1. The maximum atomic E-state index is 12.2. The summed E-state index contributed by atoms with van der Waals surface area (Å²) in [6.07, 6.45) is 2.10. The van der Waals surface area contributed by atoms with Crippen molar-refractivity contribution in [3.05, 3.63) is 70.0 Å². The van der Waals surface area contributed by atoms with E-state index in [2.05, 4.69) is 55.5 Å². The molecule has 0 bridgehead atoms. The molecule has 0 saturated carbocycles. The first-order valence-electron chi connectivity index (χ1n) is 8.35. The lowest BCUT2D eigenvalue weighted by Crippen LogP contribution is -2.17. The molecule has 3 aromatic rings. The molecule has 1 aromatic carbocycles. The number of anilines is 1. The molecule has 130 valence electrons. The summed E-state index contributed by atoms with van der Waals surface area (Å²) in [5.74, 6) is 0.703. The number of carbonyl (C=O) groups excluding carboxylic acids is 1. The number of nitrogens with zero attached hydrogens (tertiary/aromatic N) is 2. The molecule has 0 aliphatic carbocycles. The number of amides is 1.